The first-order valence-corrected chi connectivity index (χ1v) is 5.96. The number of hydrogen-bond acceptors (Lipinski definition) is 4. The monoisotopic (exact) mass is 288 g/mol. The summed E-state index contributed by atoms with van der Waals surface area (Å²) in [7, 11) is 0. The molecule has 0 aliphatic rings. The van der Waals surface area contributed by atoms with Crippen LogP contribution in [0.2, 0.25) is 0 Å². The van der Waals surface area contributed by atoms with E-state index in [4.69, 9.17) is 0 Å². The Morgan fingerprint density at radius 1 is 1.45 bits per heavy atom. The van der Waals surface area contributed by atoms with Gasteiger partial charge in [0, 0.05) is 18.7 Å². The van der Waals surface area contributed by atoms with E-state index in [0.29, 0.717) is 18.9 Å². The summed E-state index contributed by atoms with van der Waals surface area (Å²) in [5.41, 5.74) is -1.62. The van der Waals surface area contributed by atoms with Crippen LogP contribution in [-0.4, -0.2) is 28.6 Å². The van der Waals surface area contributed by atoms with Crippen molar-refractivity contribution in [2.45, 2.75) is 25.9 Å². The van der Waals surface area contributed by atoms with Crippen molar-refractivity contribution in [3.63, 3.8) is 0 Å². The maximum absolute atomic E-state index is 13.4. The second-order valence-corrected chi connectivity index (χ2v) is 4.19. The van der Waals surface area contributed by atoms with Crippen LogP contribution < -0.4 is 5.32 Å². The predicted octanol–water partition coefficient (Wildman–Crippen LogP) is 1.76. The van der Waals surface area contributed by atoms with Gasteiger partial charge in [-0.1, -0.05) is 13.3 Å². The number of carbonyl (C=O) groups excluding carboxylic acids is 1. The van der Waals surface area contributed by atoms with E-state index in [-0.39, 0.29) is 12.6 Å². The van der Waals surface area contributed by atoms with E-state index < -0.39 is 39.8 Å². The lowest BCUT2D eigenvalue weighted by Crippen LogP contribution is -2.32. The minimum Gasteiger partial charge on any atom is -0.391 e. The molecule has 8 heteroatoms. The van der Waals surface area contributed by atoms with E-state index in [9.17, 15) is 28.8 Å². The molecule has 0 spiro atoms. The largest absolute Gasteiger partial charge is 0.391 e. The zero-order valence-electron chi connectivity index (χ0n) is 10.7. The van der Waals surface area contributed by atoms with Crippen molar-refractivity contribution in [3.8, 4) is 0 Å². The highest BCUT2D eigenvalue weighted by Crippen LogP contribution is 2.21. The maximum Gasteiger partial charge on any atom is 0.305 e. The van der Waals surface area contributed by atoms with Crippen LogP contribution in [0.4, 0.5) is 14.5 Å². The Bertz CT molecular complexity index is 522. The Labute approximate surface area is 113 Å². The fraction of sp³-hybridized carbons (Fsp3) is 0.417. The van der Waals surface area contributed by atoms with Gasteiger partial charge in [-0.15, -0.1) is 0 Å². The molecule has 0 aliphatic heterocycles. The van der Waals surface area contributed by atoms with Gasteiger partial charge in [-0.2, -0.15) is 4.39 Å². The molecule has 0 heterocycles. The topological polar surface area (TPSA) is 92.5 Å². The SMILES string of the molecule is CCCC(O)CNC(=O)c1cc([N+](=O)[O-])c(F)cc1F. The van der Waals surface area contributed by atoms with E-state index in [1.54, 1.807) is 0 Å². The molecular weight excluding hydrogens is 274 g/mol. The molecular formula is C12H14F2N2O4. The van der Waals surface area contributed by atoms with Crippen LogP contribution in [0.5, 0.6) is 0 Å². The van der Waals surface area contributed by atoms with Gasteiger partial charge in [0.05, 0.1) is 16.6 Å². The number of carbonyl (C=O) groups is 1. The Morgan fingerprint density at radius 2 is 2.10 bits per heavy atom. The summed E-state index contributed by atoms with van der Waals surface area (Å²) in [4.78, 5) is 21.1. The average molecular weight is 288 g/mol. The molecule has 1 aromatic carbocycles. The second-order valence-electron chi connectivity index (χ2n) is 4.19. The zero-order valence-corrected chi connectivity index (χ0v) is 10.7. The summed E-state index contributed by atoms with van der Waals surface area (Å²) in [5, 5.41) is 22.2. The van der Waals surface area contributed by atoms with Crippen molar-refractivity contribution in [2.24, 2.45) is 0 Å². The quantitative estimate of drug-likeness (QED) is 0.616. The smallest absolute Gasteiger partial charge is 0.305 e. The van der Waals surface area contributed by atoms with Gasteiger partial charge < -0.3 is 10.4 Å². The van der Waals surface area contributed by atoms with Crippen LogP contribution in [0.15, 0.2) is 12.1 Å². The maximum atomic E-state index is 13.4. The van der Waals surface area contributed by atoms with Gasteiger partial charge in [-0.25, -0.2) is 4.39 Å². The predicted molar refractivity (Wildman–Crippen MR) is 66.3 cm³/mol. The molecule has 0 fully saturated rings. The number of nitro benzene ring substituents is 1. The van der Waals surface area contributed by atoms with Gasteiger partial charge in [0.25, 0.3) is 5.91 Å². The number of nitrogens with zero attached hydrogens (tertiary/aromatic N) is 1. The molecule has 0 aromatic heterocycles. The lowest BCUT2D eigenvalue weighted by Gasteiger charge is -2.11. The molecule has 1 atom stereocenters. The van der Waals surface area contributed by atoms with Gasteiger partial charge in [0.15, 0.2) is 0 Å². The number of halogens is 2. The van der Waals surface area contributed by atoms with Crippen LogP contribution in [0, 0.1) is 21.7 Å². The van der Waals surface area contributed by atoms with Crippen molar-refractivity contribution in [1.82, 2.24) is 5.32 Å². The van der Waals surface area contributed by atoms with Gasteiger partial charge in [-0.05, 0) is 6.42 Å². The molecule has 20 heavy (non-hydrogen) atoms. The van der Waals surface area contributed by atoms with Crippen LogP contribution in [-0.2, 0) is 0 Å². The summed E-state index contributed by atoms with van der Waals surface area (Å²) < 4.78 is 26.5. The molecule has 2 N–H and O–H groups in total. The van der Waals surface area contributed by atoms with E-state index in [0.717, 1.165) is 0 Å². The summed E-state index contributed by atoms with van der Waals surface area (Å²) in [6, 6.07) is 0.821. The highest BCUT2D eigenvalue weighted by Gasteiger charge is 2.22. The number of nitro groups is 1. The zero-order chi connectivity index (χ0) is 15.3. The molecule has 0 aliphatic carbocycles. The number of hydrogen-bond donors (Lipinski definition) is 2. The molecule has 1 unspecified atom stereocenters. The normalized spacial score (nSPS) is 12.0. The number of benzene rings is 1. The summed E-state index contributed by atoms with van der Waals surface area (Å²) in [6.45, 7) is 1.73. The average Bonchev–Trinajstić information content (AvgIpc) is 2.36. The van der Waals surface area contributed by atoms with E-state index >= 15 is 0 Å². The van der Waals surface area contributed by atoms with Crippen molar-refractivity contribution in [3.05, 3.63) is 39.4 Å². The first-order chi connectivity index (χ1) is 9.36. The van der Waals surface area contributed by atoms with Crippen LogP contribution in [0.3, 0.4) is 0 Å². The Kier molecular flexibility index (Phi) is 5.51. The molecule has 1 rings (SSSR count). The number of nitrogens with one attached hydrogen (secondary N) is 1. The molecule has 110 valence electrons. The number of aliphatic hydroxyl groups excluding tert-OH is 1. The minimum absolute atomic E-state index is 0.114. The van der Waals surface area contributed by atoms with Gasteiger partial charge in [0.1, 0.15) is 5.82 Å². The summed E-state index contributed by atoms with van der Waals surface area (Å²) in [5.74, 6) is -3.49. The Morgan fingerprint density at radius 3 is 2.65 bits per heavy atom. The molecule has 0 saturated carbocycles. The van der Waals surface area contributed by atoms with Crippen molar-refractivity contribution in [2.75, 3.05) is 6.54 Å². The van der Waals surface area contributed by atoms with E-state index in [2.05, 4.69) is 5.32 Å². The van der Waals surface area contributed by atoms with Crippen molar-refractivity contribution >= 4 is 11.6 Å². The molecule has 0 radical (unpaired) electrons. The molecule has 0 saturated heterocycles. The molecule has 1 aromatic rings. The van der Waals surface area contributed by atoms with Crippen LogP contribution in [0.1, 0.15) is 30.1 Å². The lowest BCUT2D eigenvalue weighted by molar-refractivity contribution is -0.387. The molecule has 0 bridgehead atoms. The Hall–Kier alpha value is -2.09. The van der Waals surface area contributed by atoms with Gasteiger partial charge >= 0.3 is 5.69 Å². The fourth-order valence-corrected chi connectivity index (χ4v) is 1.59. The first kappa shape index (κ1) is 16.0. The van der Waals surface area contributed by atoms with Crippen LogP contribution >= 0.6 is 0 Å². The summed E-state index contributed by atoms with van der Waals surface area (Å²) >= 11 is 0. The van der Waals surface area contributed by atoms with E-state index in [1.165, 1.54) is 0 Å². The lowest BCUT2D eigenvalue weighted by atomic mass is 10.1. The number of amides is 1. The third-order valence-corrected chi connectivity index (χ3v) is 2.60. The first-order valence-electron chi connectivity index (χ1n) is 5.96. The molecule has 1 amide bonds. The highest BCUT2D eigenvalue weighted by atomic mass is 19.1. The van der Waals surface area contributed by atoms with E-state index in [1.807, 2.05) is 6.92 Å². The number of aliphatic hydroxyl groups is 1. The van der Waals surface area contributed by atoms with Crippen molar-refractivity contribution < 1.29 is 23.6 Å². The fourth-order valence-electron chi connectivity index (χ4n) is 1.59. The standard InChI is InChI=1S/C12H14F2N2O4/c1-2-3-7(17)6-15-12(18)8-4-11(16(19)20)10(14)5-9(8)13/h4-5,7,17H,2-3,6H2,1H3,(H,15,18). The third-order valence-electron chi connectivity index (χ3n) is 2.60. The Balaban J connectivity index is 2.87. The van der Waals surface area contributed by atoms with Gasteiger partial charge in [0.2, 0.25) is 5.82 Å². The third kappa shape index (κ3) is 3.95. The van der Waals surface area contributed by atoms with Crippen LogP contribution in [0.25, 0.3) is 0 Å². The van der Waals surface area contributed by atoms with Crippen molar-refractivity contribution in [1.29, 1.82) is 0 Å². The second kappa shape index (κ2) is 6.90. The molecule has 6 nitrogen and oxygen atoms in total. The van der Waals surface area contributed by atoms with Gasteiger partial charge in [-0.3, -0.25) is 14.9 Å². The minimum atomic E-state index is -1.35. The summed E-state index contributed by atoms with van der Waals surface area (Å²) in [6.07, 6.45) is 0.363. The highest BCUT2D eigenvalue weighted by molar-refractivity contribution is 5.95. The number of rotatable bonds is 6.